The number of aliphatic hydroxyl groups excluding tert-OH is 1. The standard InChI is InChI=1S/C23H22Cl2N6O4/c1-12-17(10-18(27-12)22(34)30(2)7-8-32)28-23-26-11-13-9-14(19-15(24)5-4-6-16(19)25)21(33)31(35-3)20(13)29-23/h4-6,9-11,27,32H,7-8H2,1-3H3,(H,26,28,29). The zero-order valence-corrected chi connectivity index (χ0v) is 20.6. The number of rotatable bonds is 7. The summed E-state index contributed by atoms with van der Waals surface area (Å²) in [6.07, 6.45) is 1.54. The SMILES string of the molecule is COn1c(=O)c(-c2c(Cl)cccc2Cl)cc2cnc(Nc3cc(C(=O)N(C)CCO)[nH]c3C)nc21. The van der Waals surface area contributed by atoms with Crippen LogP contribution in [0.1, 0.15) is 16.2 Å². The second-order valence-corrected chi connectivity index (χ2v) is 8.52. The highest BCUT2D eigenvalue weighted by Gasteiger charge is 2.19. The van der Waals surface area contributed by atoms with Gasteiger partial charge >= 0.3 is 0 Å². The summed E-state index contributed by atoms with van der Waals surface area (Å²) in [7, 11) is 2.95. The maximum atomic E-state index is 13.2. The van der Waals surface area contributed by atoms with Gasteiger partial charge in [-0.2, -0.15) is 4.98 Å². The second-order valence-electron chi connectivity index (χ2n) is 7.71. The molecule has 0 bridgehead atoms. The maximum absolute atomic E-state index is 13.2. The molecule has 3 N–H and O–H groups in total. The van der Waals surface area contributed by atoms with Crippen molar-refractivity contribution in [1.29, 1.82) is 0 Å². The molecule has 0 spiro atoms. The van der Waals surface area contributed by atoms with Crippen LogP contribution in [0.5, 0.6) is 0 Å². The molecule has 4 rings (SSSR count). The molecular formula is C23H22Cl2N6O4. The van der Waals surface area contributed by atoms with E-state index in [0.717, 1.165) is 4.73 Å². The van der Waals surface area contributed by atoms with E-state index in [0.29, 0.717) is 38.1 Å². The number of anilines is 2. The number of H-pyrrole nitrogens is 1. The first-order valence-electron chi connectivity index (χ1n) is 10.5. The minimum atomic E-state index is -0.489. The van der Waals surface area contributed by atoms with Gasteiger partial charge in [-0.15, -0.1) is 4.73 Å². The Morgan fingerprint density at radius 1 is 1.29 bits per heavy atom. The minimum absolute atomic E-state index is 0.135. The first kappa shape index (κ1) is 24.5. The topological polar surface area (TPSA) is 125 Å². The fraction of sp³-hybridized carbons (Fsp3) is 0.217. The van der Waals surface area contributed by atoms with Gasteiger partial charge in [-0.3, -0.25) is 9.59 Å². The van der Waals surface area contributed by atoms with Crippen molar-refractivity contribution in [1.82, 2.24) is 24.6 Å². The number of aryl methyl sites for hydroxylation is 1. The van der Waals surface area contributed by atoms with Crippen molar-refractivity contribution in [3.8, 4) is 11.1 Å². The summed E-state index contributed by atoms with van der Waals surface area (Å²) in [5.41, 5.74) is 1.99. The number of nitrogens with zero attached hydrogens (tertiary/aromatic N) is 4. The summed E-state index contributed by atoms with van der Waals surface area (Å²) in [4.78, 5) is 44.3. The summed E-state index contributed by atoms with van der Waals surface area (Å²) >= 11 is 12.6. The third-order valence-electron chi connectivity index (χ3n) is 5.39. The first-order valence-corrected chi connectivity index (χ1v) is 11.2. The van der Waals surface area contributed by atoms with Gasteiger partial charge in [0.1, 0.15) is 12.8 Å². The summed E-state index contributed by atoms with van der Waals surface area (Å²) in [6.45, 7) is 1.86. The number of hydrogen-bond acceptors (Lipinski definition) is 7. The van der Waals surface area contributed by atoms with Gasteiger partial charge in [0.05, 0.1) is 27.9 Å². The highest BCUT2D eigenvalue weighted by molar-refractivity contribution is 6.39. The molecule has 0 saturated carbocycles. The molecule has 0 unspecified atom stereocenters. The Morgan fingerprint density at radius 2 is 2.00 bits per heavy atom. The number of pyridine rings is 1. The molecule has 4 aromatic rings. The van der Waals surface area contributed by atoms with E-state index in [2.05, 4.69) is 20.3 Å². The quantitative estimate of drug-likeness (QED) is 0.344. The zero-order chi connectivity index (χ0) is 25.3. The fourth-order valence-electron chi connectivity index (χ4n) is 3.61. The Morgan fingerprint density at radius 3 is 2.66 bits per heavy atom. The van der Waals surface area contributed by atoms with Gasteiger partial charge in [0, 0.05) is 36.4 Å². The Kier molecular flexibility index (Phi) is 6.97. The first-order chi connectivity index (χ1) is 16.7. The lowest BCUT2D eigenvalue weighted by Crippen LogP contribution is -2.29. The van der Waals surface area contributed by atoms with Gasteiger partial charge in [0.15, 0.2) is 5.65 Å². The maximum Gasteiger partial charge on any atom is 0.293 e. The normalized spacial score (nSPS) is 11.0. The van der Waals surface area contributed by atoms with Crippen LogP contribution in [0.4, 0.5) is 11.6 Å². The number of hydrogen-bond donors (Lipinski definition) is 3. The number of aromatic amines is 1. The van der Waals surface area contributed by atoms with Crippen molar-refractivity contribution in [2.75, 3.05) is 32.6 Å². The number of carbonyl (C=O) groups excluding carboxylic acids is 1. The molecule has 10 nitrogen and oxygen atoms in total. The van der Waals surface area contributed by atoms with Crippen LogP contribution < -0.4 is 15.7 Å². The van der Waals surface area contributed by atoms with E-state index in [1.807, 2.05) is 0 Å². The molecule has 12 heteroatoms. The monoisotopic (exact) mass is 516 g/mol. The number of nitrogens with one attached hydrogen (secondary N) is 2. The summed E-state index contributed by atoms with van der Waals surface area (Å²) in [6, 6.07) is 8.22. The van der Waals surface area contributed by atoms with Gasteiger partial charge in [0.2, 0.25) is 5.95 Å². The number of likely N-dealkylation sites (N-methyl/N-ethyl adjacent to an activating group) is 1. The van der Waals surface area contributed by atoms with Crippen LogP contribution in [0.3, 0.4) is 0 Å². The van der Waals surface area contributed by atoms with Gasteiger partial charge in [-0.25, -0.2) is 4.98 Å². The lowest BCUT2D eigenvalue weighted by atomic mass is 10.1. The van der Waals surface area contributed by atoms with Gasteiger partial charge in [0.25, 0.3) is 11.5 Å². The van der Waals surface area contributed by atoms with E-state index in [-0.39, 0.29) is 36.2 Å². The average molecular weight is 517 g/mol. The molecule has 0 radical (unpaired) electrons. The molecule has 0 aliphatic rings. The van der Waals surface area contributed by atoms with Crippen molar-refractivity contribution >= 4 is 51.8 Å². The number of amides is 1. The summed E-state index contributed by atoms with van der Waals surface area (Å²) in [5.74, 6) is -0.0790. The Balaban J connectivity index is 1.73. The molecular weight excluding hydrogens is 495 g/mol. The van der Waals surface area contributed by atoms with Crippen LogP contribution in [0, 0.1) is 6.92 Å². The van der Waals surface area contributed by atoms with Crippen LogP contribution in [0.2, 0.25) is 10.0 Å². The van der Waals surface area contributed by atoms with Crippen molar-refractivity contribution in [2.45, 2.75) is 6.92 Å². The number of benzene rings is 1. The highest BCUT2D eigenvalue weighted by Crippen LogP contribution is 2.34. The zero-order valence-electron chi connectivity index (χ0n) is 19.1. The Labute approximate surface area is 210 Å². The molecule has 1 aromatic carbocycles. The van der Waals surface area contributed by atoms with E-state index in [9.17, 15) is 9.59 Å². The fourth-order valence-corrected chi connectivity index (χ4v) is 4.22. The van der Waals surface area contributed by atoms with Crippen molar-refractivity contribution < 1.29 is 14.7 Å². The Bertz CT molecular complexity index is 1460. The van der Waals surface area contributed by atoms with Crippen molar-refractivity contribution in [3.05, 3.63) is 68.3 Å². The molecule has 0 aliphatic carbocycles. The van der Waals surface area contributed by atoms with Crippen LogP contribution in [-0.4, -0.2) is 62.9 Å². The molecule has 0 aliphatic heterocycles. The van der Waals surface area contributed by atoms with Crippen LogP contribution >= 0.6 is 23.2 Å². The van der Waals surface area contributed by atoms with Gasteiger partial charge in [-0.05, 0) is 31.2 Å². The largest absolute Gasteiger partial charge is 0.412 e. The average Bonchev–Trinajstić information content (AvgIpc) is 3.19. The summed E-state index contributed by atoms with van der Waals surface area (Å²) in [5, 5.41) is 13.3. The highest BCUT2D eigenvalue weighted by atomic mass is 35.5. The number of aliphatic hydroxyl groups is 1. The summed E-state index contributed by atoms with van der Waals surface area (Å²) < 4.78 is 1.04. The third-order valence-corrected chi connectivity index (χ3v) is 6.02. The number of halogens is 2. The van der Waals surface area contributed by atoms with E-state index < -0.39 is 5.56 Å². The number of carbonyl (C=O) groups is 1. The van der Waals surface area contributed by atoms with E-state index in [4.69, 9.17) is 33.1 Å². The minimum Gasteiger partial charge on any atom is -0.412 e. The number of aromatic nitrogens is 4. The molecule has 182 valence electrons. The van der Waals surface area contributed by atoms with Crippen LogP contribution in [-0.2, 0) is 0 Å². The van der Waals surface area contributed by atoms with Gasteiger partial charge in [-0.1, -0.05) is 29.3 Å². The van der Waals surface area contributed by atoms with E-state index >= 15 is 0 Å². The van der Waals surface area contributed by atoms with Crippen LogP contribution in [0.15, 0.2) is 41.3 Å². The predicted molar refractivity (Wildman–Crippen MR) is 135 cm³/mol. The van der Waals surface area contributed by atoms with Crippen molar-refractivity contribution in [3.63, 3.8) is 0 Å². The molecule has 0 saturated heterocycles. The smallest absolute Gasteiger partial charge is 0.293 e. The molecule has 3 aromatic heterocycles. The van der Waals surface area contributed by atoms with Crippen LogP contribution in [0.25, 0.3) is 22.2 Å². The molecule has 1 amide bonds. The molecule has 0 atom stereocenters. The predicted octanol–water partition coefficient (Wildman–Crippen LogP) is 3.27. The number of fused-ring (bicyclic) bond motifs is 1. The molecule has 0 fully saturated rings. The molecule has 3 heterocycles. The Hall–Kier alpha value is -3.60. The molecule has 35 heavy (non-hydrogen) atoms. The van der Waals surface area contributed by atoms with Crippen molar-refractivity contribution in [2.24, 2.45) is 0 Å². The van der Waals surface area contributed by atoms with Gasteiger partial charge < -0.3 is 25.1 Å². The lowest BCUT2D eigenvalue weighted by Gasteiger charge is -2.14. The second kappa shape index (κ2) is 9.95. The van der Waals surface area contributed by atoms with E-state index in [1.165, 1.54) is 18.2 Å². The third kappa shape index (κ3) is 4.68. The lowest BCUT2D eigenvalue weighted by molar-refractivity contribution is 0.0762. The van der Waals surface area contributed by atoms with E-state index in [1.54, 1.807) is 44.3 Å².